The molecule has 1 aromatic carbocycles. The van der Waals surface area contributed by atoms with Gasteiger partial charge in [0.25, 0.3) is 0 Å². The average Bonchev–Trinajstić information content (AvgIpc) is 2.28. The minimum Gasteiger partial charge on any atom is -0.354 e. The van der Waals surface area contributed by atoms with Gasteiger partial charge in [-0.1, -0.05) is 43.7 Å². The fourth-order valence-corrected chi connectivity index (χ4v) is 1.94. The maximum atomic E-state index is 11.7. The third-order valence-electron chi connectivity index (χ3n) is 2.86. The normalized spacial score (nSPS) is 11.8. The summed E-state index contributed by atoms with van der Waals surface area (Å²) in [5.74, 6) is 0.402. The van der Waals surface area contributed by atoms with Gasteiger partial charge in [0.2, 0.25) is 5.91 Å². The molecule has 0 unspecified atom stereocenters. The number of nitrogens with one attached hydrogen (secondary N) is 1. The second-order valence-electron chi connectivity index (χ2n) is 5.27. The van der Waals surface area contributed by atoms with Crippen LogP contribution in [0.25, 0.3) is 0 Å². The molecule has 19 heavy (non-hydrogen) atoms. The lowest BCUT2D eigenvalue weighted by molar-refractivity contribution is -0.122. The van der Waals surface area contributed by atoms with Crippen molar-refractivity contribution in [1.29, 1.82) is 0 Å². The first-order chi connectivity index (χ1) is 8.49. The molecule has 108 valence electrons. The zero-order valence-corrected chi connectivity index (χ0v) is 12.8. The fourth-order valence-electron chi connectivity index (χ4n) is 1.94. The van der Waals surface area contributed by atoms with Crippen molar-refractivity contribution in [3.05, 3.63) is 35.4 Å². The van der Waals surface area contributed by atoms with Crippen molar-refractivity contribution in [3.63, 3.8) is 0 Å². The molecule has 1 atom stereocenters. The zero-order chi connectivity index (χ0) is 13.5. The summed E-state index contributed by atoms with van der Waals surface area (Å²) >= 11 is 0. The van der Waals surface area contributed by atoms with Gasteiger partial charge in [-0.25, -0.2) is 0 Å². The third kappa shape index (κ3) is 7.19. The van der Waals surface area contributed by atoms with E-state index < -0.39 is 0 Å². The molecule has 1 amide bonds. The van der Waals surface area contributed by atoms with Gasteiger partial charge in [-0.05, 0) is 31.2 Å². The minimum atomic E-state index is -0.387. The van der Waals surface area contributed by atoms with Crippen molar-refractivity contribution in [2.75, 3.05) is 6.54 Å². The molecule has 1 aromatic rings. The Labute approximate surface area is 122 Å². The Hall–Kier alpha value is -1.06. The Morgan fingerprint density at radius 1 is 1.37 bits per heavy atom. The number of nitrogens with two attached hydrogens (primary N) is 1. The minimum absolute atomic E-state index is 0. The number of carbonyl (C=O) groups excluding carboxylic acids is 1. The molecule has 3 N–H and O–H groups in total. The van der Waals surface area contributed by atoms with E-state index in [0.717, 1.165) is 12.8 Å². The van der Waals surface area contributed by atoms with Crippen LogP contribution in [0.15, 0.2) is 24.3 Å². The second kappa shape index (κ2) is 8.94. The van der Waals surface area contributed by atoms with Crippen molar-refractivity contribution in [2.45, 2.75) is 39.7 Å². The lowest BCUT2D eigenvalue weighted by atomic mass is 10.0. The van der Waals surface area contributed by atoms with E-state index in [4.69, 9.17) is 5.73 Å². The first-order valence-electron chi connectivity index (χ1n) is 6.58. The second-order valence-corrected chi connectivity index (χ2v) is 5.27. The van der Waals surface area contributed by atoms with Crippen LogP contribution in [0.5, 0.6) is 0 Å². The molecule has 1 rings (SSSR count). The van der Waals surface area contributed by atoms with Gasteiger partial charge >= 0.3 is 0 Å². The van der Waals surface area contributed by atoms with Crippen LogP contribution in [0, 0.1) is 12.8 Å². The number of hydrogen-bond acceptors (Lipinski definition) is 2. The Balaban J connectivity index is 0.00000324. The van der Waals surface area contributed by atoms with E-state index in [1.54, 1.807) is 0 Å². The van der Waals surface area contributed by atoms with Crippen LogP contribution in [0.1, 0.15) is 31.4 Å². The summed E-state index contributed by atoms with van der Waals surface area (Å²) in [5, 5.41) is 2.89. The highest BCUT2D eigenvalue weighted by Gasteiger charge is 2.13. The van der Waals surface area contributed by atoms with Crippen molar-refractivity contribution in [1.82, 2.24) is 5.32 Å². The molecule has 0 bridgehead atoms. The monoisotopic (exact) mass is 284 g/mol. The number of rotatable bonds is 6. The number of benzene rings is 1. The van der Waals surface area contributed by atoms with Crippen LogP contribution in [-0.2, 0) is 11.2 Å². The molecule has 0 saturated carbocycles. The molecule has 0 spiro atoms. The van der Waals surface area contributed by atoms with E-state index in [9.17, 15) is 4.79 Å². The van der Waals surface area contributed by atoms with E-state index in [2.05, 4.69) is 44.3 Å². The van der Waals surface area contributed by atoms with Gasteiger partial charge in [0.15, 0.2) is 0 Å². The predicted octanol–water partition coefficient (Wildman–Crippen LogP) is 2.45. The average molecular weight is 285 g/mol. The summed E-state index contributed by atoms with van der Waals surface area (Å²) in [4.78, 5) is 11.7. The van der Waals surface area contributed by atoms with E-state index in [1.807, 2.05) is 6.07 Å². The van der Waals surface area contributed by atoms with Crippen molar-refractivity contribution in [3.8, 4) is 0 Å². The molecule has 0 aromatic heterocycles. The van der Waals surface area contributed by atoms with Gasteiger partial charge in [0.05, 0.1) is 6.04 Å². The van der Waals surface area contributed by atoms with Crippen LogP contribution in [0.2, 0.25) is 0 Å². The highest BCUT2D eigenvalue weighted by atomic mass is 35.5. The van der Waals surface area contributed by atoms with Gasteiger partial charge in [0, 0.05) is 6.54 Å². The van der Waals surface area contributed by atoms with Crippen LogP contribution >= 0.6 is 12.4 Å². The molecule has 0 radical (unpaired) electrons. The summed E-state index contributed by atoms with van der Waals surface area (Å²) in [5.41, 5.74) is 8.30. The largest absolute Gasteiger partial charge is 0.354 e. The smallest absolute Gasteiger partial charge is 0.236 e. The van der Waals surface area contributed by atoms with Gasteiger partial charge in [-0.2, -0.15) is 0 Å². The molecule has 4 heteroatoms. The van der Waals surface area contributed by atoms with E-state index >= 15 is 0 Å². The van der Waals surface area contributed by atoms with E-state index in [0.29, 0.717) is 12.5 Å². The van der Waals surface area contributed by atoms with Gasteiger partial charge in [-0.15, -0.1) is 12.4 Å². The zero-order valence-electron chi connectivity index (χ0n) is 12.0. The van der Waals surface area contributed by atoms with Crippen molar-refractivity contribution < 1.29 is 4.79 Å². The summed E-state index contributed by atoms with van der Waals surface area (Å²) in [6, 6.07) is 7.94. The number of carbonyl (C=O) groups is 1. The molecular weight excluding hydrogens is 260 g/mol. The van der Waals surface area contributed by atoms with Gasteiger partial charge in [0.1, 0.15) is 0 Å². The first-order valence-corrected chi connectivity index (χ1v) is 6.58. The standard InChI is InChI=1S/C15H24N2O.ClH/c1-11(2)9-14(16)15(18)17-8-7-13-6-4-5-12(3)10-13;/h4-6,10-11,14H,7-9,16H2,1-3H3,(H,17,18);1H/t14-;/m0./s1. The third-order valence-corrected chi connectivity index (χ3v) is 2.86. The highest BCUT2D eigenvalue weighted by Crippen LogP contribution is 2.05. The van der Waals surface area contributed by atoms with E-state index in [1.165, 1.54) is 11.1 Å². The molecule has 0 aliphatic heterocycles. The van der Waals surface area contributed by atoms with Gasteiger partial charge < -0.3 is 11.1 Å². The first kappa shape index (κ1) is 17.9. The Morgan fingerprint density at radius 2 is 2.05 bits per heavy atom. The lowest BCUT2D eigenvalue weighted by Gasteiger charge is -2.14. The Morgan fingerprint density at radius 3 is 2.63 bits per heavy atom. The maximum absolute atomic E-state index is 11.7. The summed E-state index contributed by atoms with van der Waals surface area (Å²) in [6.07, 6.45) is 1.58. The molecule has 3 nitrogen and oxygen atoms in total. The maximum Gasteiger partial charge on any atom is 0.236 e. The van der Waals surface area contributed by atoms with Crippen LogP contribution in [-0.4, -0.2) is 18.5 Å². The number of hydrogen-bond donors (Lipinski definition) is 2. The summed E-state index contributed by atoms with van der Waals surface area (Å²) in [7, 11) is 0. The number of aryl methyl sites for hydroxylation is 1. The van der Waals surface area contributed by atoms with Gasteiger partial charge in [-0.3, -0.25) is 4.79 Å². The molecule has 0 heterocycles. The molecule has 0 aliphatic rings. The van der Waals surface area contributed by atoms with Crippen LogP contribution in [0.3, 0.4) is 0 Å². The number of halogens is 1. The Bertz CT molecular complexity index is 393. The lowest BCUT2D eigenvalue weighted by Crippen LogP contribution is -2.42. The molecular formula is C15H25ClN2O. The molecule has 0 aliphatic carbocycles. The summed E-state index contributed by atoms with van der Waals surface area (Å²) < 4.78 is 0. The van der Waals surface area contributed by atoms with Crippen LogP contribution < -0.4 is 11.1 Å². The van der Waals surface area contributed by atoms with Crippen molar-refractivity contribution >= 4 is 18.3 Å². The highest BCUT2D eigenvalue weighted by molar-refractivity contribution is 5.85. The van der Waals surface area contributed by atoms with E-state index in [-0.39, 0.29) is 24.4 Å². The fraction of sp³-hybridized carbons (Fsp3) is 0.533. The quantitative estimate of drug-likeness (QED) is 0.843. The van der Waals surface area contributed by atoms with Crippen molar-refractivity contribution in [2.24, 2.45) is 11.7 Å². The summed E-state index contributed by atoms with van der Waals surface area (Å²) in [6.45, 7) is 6.86. The molecule has 0 fully saturated rings. The topological polar surface area (TPSA) is 55.1 Å². The predicted molar refractivity (Wildman–Crippen MR) is 82.6 cm³/mol. The van der Waals surface area contributed by atoms with Crippen LogP contribution in [0.4, 0.5) is 0 Å². The SMILES string of the molecule is Cc1cccc(CCNC(=O)[C@@H](N)CC(C)C)c1.Cl. The number of amides is 1. The Kier molecular flexibility index (Phi) is 8.44. The molecule has 0 saturated heterocycles.